The van der Waals surface area contributed by atoms with Crippen LogP contribution in [0.25, 0.3) is 10.9 Å². The van der Waals surface area contributed by atoms with Crippen molar-refractivity contribution in [1.82, 2.24) is 10.3 Å². The van der Waals surface area contributed by atoms with Crippen molar-refractivity contribution in [3.05, 3.63) is 29.8 Å². The Balaban J connectivity index is 1.27. The van der Waals surface area contributed by atoms with Gasteiger partial charge in [-0.3, -0.25) is 4.79 Å². The van der Waals surface area contributed by atoms with Crippen LogP contribution in [-0.2, 0) is 4.79 Å². The maximum Gasteiger partial charge on any atom is 0.224 e. The van der Waals surface area contributed by atoms with E-state index >= 15 is 0 Å². The molecule has 3 atom stereocenters. The van der Waals surface area contributed by atoms with Gasteiger partial charge in [0.05, 0.1) is 17.8 Å². The zero-order chi connectivity index (χ0) is 22.8. The SMILES string of the molecule is Cc1ccc2nc(N3CC[C@H](NCCO)C3)ccc2c1NC(=O)CC1CC2CCCC(C2)C1. The number of anilines is 2. The predicted octanol–water partition coefficient (Wildman–Crippen LogP) is 4.25. The molecule has 1 saturated heterocycles. The summed E-state index contributed by atoms with van der Waals surface area (Å²) in [4.78, 5) is 20.3. The van der Waals surface area contributed by atoms with Crippen LogP contribution in [0, 0.1) is 24.7 Å². The van der Waals surface area contributed by atoms with E-state index in [1.54, 1.807) is 0 Å². The van der Waals surface area contributed by atoms with Crippen LogP contribution in [0.15, 0.2) is 24.3 Å². The molecule has 1 aliphatic heterocycles. The Morgan fingerprint density at radius 1 is 1.12 bits per heavy atom. The Hall–Kier alpha value is -2.18. The van der Waals surface area contributed by atoms with Gasteiger partial charge in [0.2, 0.25) is 5.91 Å². The maximum absolute atomic E-state index is 13.0. The summed E-state index contributed by atoms with van der Waals surface area (Å²) in [6, 6.07) is 8.70. The van der Waals surface area contributed by atoms with Crippen molar-refractivity contribution in [3.8, 4) is 0 Å². The number of benzene rings is 1. The second kappa shape index (κ2) is 9.98. The highest BCUT2D eigenvalue weighted by Gasteiger charge is 2.32. The molecule has 178 valence electrons. The number of fused-ring (bicyclic) bond motifs is 3. The average Bonchev–Trinajstić information content (AvgIpc) is 3.28. The molecular weight excluding hydrogens is 412 g/mol. The van der Waals surface area contributed by atoms with E-state index in [1.807, 2.05) is 0 Å². The molecule has 0 radical (unpaired) electrons. The largest absolute Gasteiger partial charge is 0.395 e. The van der Waals surface area contributed by atoms with Gasteiger partial charge in [0, 0.05) is 37.5 Å². The summed E-state index contributed by atoms with van der Waals surface area (Å²) in [7, 11) is 0. The molecule has 2 saturated carbocycles. The molecule has 2 heterocycles. The quantitative estimate of drug-likeness (QED) is 0.588. The third kappa shape index (κ3) is 5.17. The number of hydrogen-bond acceptors (Lipinski definition) is 5. The number of carbonyl (C=O) groups is 1. The number of aliphatic hydroxyl groups excluding tert-OH is 1. The monoisotopic (exact) mass is 450 g/mol. The van der Waals surface area contributed by atoms with Crippen LogP contribution in [0.5, 0.6) is 0 Å². The molecule has 2 aliphatic carbocycles. The smallest absolute Gasteiger partial charge is 0.224 e. The molecule has 3 aliphatic rings. The first kappa shape index (κ1) is 22.6. The van der Waals surface area contributed by atoms with Crippen molar-refractivity contribution in [2.24, 2.45) is 17.8 Å². The van der Waals surface area contributed by atoms with E-state index in [0.717, 1.165) is 59.3 Å². The van der Waals surface area contributed by atoms with Crippen LogP contribution in [0.2, 0.25) is 0 Å². The first-order valence-electron chi connectivity index (χ1n) is 12.9. The third-order valence-corrected chi connectivity index (χ3v) is 8.09. The van der Waals surface area contributed by atoms with Gasteiger partial charge in [-0.15, -0.1) is 0 Å². The topological polar surface area (TPSA) is 77.5 Å². The highest BCUT2D eigenvalue weighted by Crippen LogP contribution is 2.43. The number of aliphatic hydroxyl groups is 1. The highest BCUT2D eigenvalue weighted by atomic mass is 16.3. The summed E-state index contributed by atoms with van der Waals surface area (Å²) in [5.41, 5.74) is 2.92. The summed E-state index contributed by atoms with van der Waals surface area (Å²) in [5.74, 6) is 3.36. The van der Waals surface area contributed by atoms with E-state index in [0.29, 0.717) is 24.9 Å². The van der Waals surface area contributed by atoms with E-state index < -0.39 is 0 Å². The molecule has 2 bridgehead atoms. The fourth-order valence-corrected chi connectivity index (χ4v) is 6.54. The molecule has 6 nitrogen and oxygen atoms in total. The molecule has 1 aromatic carbocycles. The van der Waals surface area contributed by atoms with Gasteiger partial charge < -0.3 is 20.6 Å². The minimum atomic E-state index is 0.150. The number of amides is 1. The standard InChI is InChI=1S/C27H38N4O2/c1-18-5-7-24-23(6-8-25(29-24)31-11-9-22(17-31)28-10-12-32)27(18)30-26(33)16-21-14-19-3-2-4-20(13-19)15-21/h5-8,19-22,28,32H,2-4,9-17H2,1H3,(H,30,33)/t19?,20?,21?,22-/m0/s1. The van der Waals surface area contributed by atoms with E-state index in [9.17, 15) is 4.79 Å². The summed E-state index contributed by atoms with van der Waals surface area (Å²) >= 11 is 0. The lowest BCUT2D eigenvalue weighted by Gasteiger charge is -2.38. The summed E-state index contributed by atoms with van der Waals surface area (Å²) in [5, 5.41) is 16.7. The van der Waals surface area contributed by atoms with Crippen molar-refractivity contribution in [2.75, 3.05) is 36.5 Å². The normalized spacial score (nSPS) is 27.2. The number of rotatable bonds is 7. The molecular formula is C27H38N4O2. The van der Waals surface area contributed by atoms with Crippen LogP contribution in [0.1, 0.15) is 56.9 Å². The lowest BCUT2D eigenvalue weighted by molar-refractivity contribution is -0.117. The molecule has 6 heteroatoms. The summed E-state index contributed by atoms with van der Waals surface area (Å²) in [6.07, 6.45) is 9.66. The predicted molar refractivity (Wildman–Crippen MR) is 134 cm³/mol. The molecule has 0 spiro atoms. The van der Waals surface area contributed by atoms with Crippen LogP contribution >= 0.6 is 0 Å². The molecule has 1 amide bonds. The molecule has 2 unspecified atom stereocenters. The Kier molecular flexibility index (Phi) is 6.84. The molecule has 1 aromatic heterocycles. The van der Waals surface area contributed by atoms with Gasteiger partial charge in [-0.25, -0.2) is 4.98 Å². The van der Waals surface area contributed by atoms with Crippen molar-refractivity contribution >= 4 is 28.3 Å². The number of carbonyl (C=O) groups excluding carboxylic acids is 1. The van der Waals surface area contributed by atoms with Gasteiger partial charge in [0.1, 0.15) is 5.82 Å². The van der Waals surface area contributed by atoms with E-state index in [2.05, 4.69) is 46.7 Å². The van der Waals surface area contributed by atoms with Crippen molar-refractivity contribution in [1.29, 1.82) is 0 Å². The zero-order valence-electron chi connectivity index (χ0n) is 19.9. The molecule has 5 rings (SSSR count). The van der Waals surface area contributed by atoms with Gasteiger partial charge in [-0.2, -0.15) is 0 Å². The lowest BCUT2D eigenvalue weighted by atomic mass is 9.67. The minimum absolute atomic E-state index is 0.150. The highest BCUT2D eigenvalue weighted by molar-refractivity contribution is 6.02. The Morgan fingerprint density at radius 3 is 2.73 bits per heavy atom. The van der Waals surface area contributed by atoms with Gasteiger partial charge in [0.15, 0.2) is 0 Å². The van der Waals surface area contributed by atoms with E-state index in [1.165, 1.54) is 38.5 Å². The van der Waals surface area contributed by atoms with Gasteiger partial charge in [-0.1, -0.05) is 25.3 Å². The second-order valence-corrected chi connectivity index (χ2v) is 10.6. The maximum atomic E-state index is 13.0. The second-order valence-electron chi connectivity index (χ2n) is 10.6. The minimum Gasteiger partial charge on any atom is -0.395 e. The molecule has 2 aromatic rings. The Labute approximate surface area is 197 Å². The van der Waals surface area contributed by atoms with Crippen LogP contribution in [-0.4, -0.2) is 48.3 Å². The fraction of sp³-hybridized carbons (Fsp3) is 0.630. The number of aromatic nitrogens is 1. The fourth-order valence-electron chi connectivity index (χ4n) is 6.54. The number of nitrogens with zero attached hydrogens (tertiary/aromatic N) is 2. The van der Waals surface area contributed by atoms with Crippen LogP contribution in [0.4, 0.5) is 11.5 Å². The number of pyridine rings is 1. The number of aryl methyl sites for hydroxylation is 1. The number of nitrogens with one attached hydrogen (secondary N) is 2. The average molecular weight is 451 g/mol. The van der Waals surface area contributed by atoms with Gasteiger partial charge >= 0.3 is 0 Å². The van der Waals surface area contributed by atoms with E-state index in [-0.39, 0.29) is 12.5 Å². The summed E-state index contributed by atoms with van der Waals surface area (Å²) in [6.45, 7) is 4.72. The van der Waals surface area contributed by atoms with E-state index in [4.69, 9.17) is 10.1 Å². The third-order valence-electron chi connectivity index (χ3n) is 8.09. The lowest BCUT2D eigenvalue weighted by Crippen LogP contribution is -2.34. The van der Waals surface area contributed by atoms with Crippen molar-refractivity contribution in [3.63, 3.8) is 0 Å². The van der Waals surface area contributed by atoms with Gasteiger partial charge in [-0.05, 0) is 74.1 Å². The van der Waals surface area contributed by atoms with Crippen LogP contribution < -0.4 is 15.5 Å². The first-order valence-corrected chi connectivity index (χ1v) is 12.9. The molecule has 3 fully saturated rings. The Bertz CT molecular complexity index is 981. The molecule has 33 heavy (non-hydrogen) atoms. The molecule has 3 N–H and O–H groups in total. The zero-order valence-corrected chi connectivity index (χ0v) is 19.9. The first-order chi connectivity index (χ1) is 16.1. The van der Waals surface area contributed by atoms with Gasteiger partial charge in [0.25, 0.3) is 0 Å². The number of hydrogen-bond donors (Lipinski definition) is 3. The Morgan fingerprint density at radius 2 is 1.94 bits per heavy atom. The van der Waals surface area contributed by atoms with Crippen LogP contribution in [0.3, 0.4) is 0 Å². The summed E-state index contributed by atoms with van der Waals surface area (Å²) < 4.78 is 0. The van der Waals surface area contributed by atoms with Crippen molar-refractivity contribution in [2.45, 2.75) is 64.3 Å². The van der Waals surface area contributed by atoms with Crippen molar-refractivity contribution < 1.29 is 9.90 Å².